The van der Waals surface area contributed by atoms with Crippen LogP contribution < -0.4 is 5.32 Å². The van der Waals surface area contributed by atoms with E-state index in [0.29, 0.717) is 5.92 Å². The molecule has 2 unspecified atom stereocenters. The molecule has 15 heavy (non-hydrogen) atoms. The van der Waals surface area contributed by atoms with Crippen molar-refractivity contribution in [2.75, 3.05) is 26.4 Å². The third-order valence-electron chi connectivity index (χ3n) is 3.22. The average Bonchev–Trinajstić information content (AvgIpc) is 2.83. The Kier molecular flexibility index (Phi) is 3.59. The van der Waals surface area contributed by atoms with E-state index >= 15 is 0 Å². The van der Waals surface area contributed by atoms with Crippen LogP contribution in [0.5, 0.6) is 0 Å². The van der Waals surface area contributed by atoms with Crippen molar-refractivity contribution in [2.24, 2.45) is 5.92 Å². The van der Waals surface area contributed by atoms with Crippen LogP contribution in [-0.4, -0.2) is 43.3 Å². The van der Waals surface area contributed by atoms with Crippen LogP contribution in [0.25, 0.3) is 0 Å². The lowest BCUT2D eigenvalue weighted by Gasteiger charge is -2.18. The molecule has 2 aliphatic rings. The summed E-state index contributed by atoms with van der Waals surface area (Å²) >= 11 is 0. The molecule has 2 aliphatic heterocycles. The molecule has 86 valence electrons. The minimum absolute atomic E-state index is 0.0670. The Morgan fingerprint density at radius 3 is 3.13 bits per heavy atom. The lowest BCUT2D eigenvalue weighted by molar-refractivity contribution is -0.129. The molecule has 4 heteroatoms. The predicted molar refractivity (Wildman–Crippen MR) is 57.3 cm³/mol. The average molecular weight is 212 g/mol. The van der Waals surface area contributed by atoms with Crippen LogP contribution in [0.1, 0.15) is 26.2 Å². The molecule has 2 rings (SSSR count). The highest BCUT2D eigenvalue weighted by Crippen LogP contribution is 2.17. The molecule has 4 nitrogen and oxygen atoms in total. The number of hydrogen-bond acceptors (Lipinski definition) is 3. The van der Waals surface area contributed by atoms with Crippen molar-refractivity contribution >= 4 is 5.91 Å². The lowest BCUT2D eigenvalue weighted by Crippen LogP contribution is -2.34. The van der Waals surface area contributed by atoms with E-state index in [1.54, 1.807) is 0 Å². The summed E-state index contributed by atoms with van der Waals surface area (Å²) < 4.78 is 5.32. The van der Waals surface area contributed by atoms with E-state index in [-0.39, 0.29) is 11.9 Å². The van der Waals surface area contributed by atoms with Crippen molar-refractivity contribution in [1.29, 1.82) is 0 Å². The molecule has 0 spiro atoms. The van der Waals surface area contributed by atoms with Crippen molar-refractivity contribution in [1.82, 2.24) is 10.2 Å². The summed E-state index contributed by atoms with van der Waals surface area (Å²) in [6.45, 7) is 5.38. The Morgan fingerprint density at radius 2 is 2.47 bits per heavy atom. The molecule has 0 saturated carbocycles. The Bertz CT molecular complexity index is 227. The fraction of sp³-hybridized carbons (Fsp3) is 0.909. The van der Waals surface area contributed by atoms with Gasteiger partial charge in [0.05, 0.1) is 19.3 Å². The predicted octanol–water partition coefficient (Wildman–Crippen LogP) is 0.581. The van der Waals surface area contributed by atoms with Crippen molar-refractivity contribution < 1.29 is 9.53 Å². The number of hydrogen-bond donors (Lipinski definition) is 1. The van der Waals surface area contributed by atoms with Gasteiger partial charge in [0.15, 0.2) is 0 Å². The number of rotatable bonds is 4. The Labute approximate surface area is 91.0 Å². The monoisotopic (exact) mass is 212 g/mol. The minimum atomic E-state index is 0.0670. The second-order valence-corrected chi connectivity index (χ2v) is 4.49. The number of carbonyl (C=O) groups excluding carboxylic acids is 1. The van der Waals surface area contributed by atoms with Crippen LogP contribution in [0, 0.1) is 5.92 Å². The summed E-state index contributed by atoms with van der Waals surface area (Å²) in [6.07, 6.45) is 3.11. The first-order valence-electron chi connectivity index (χ1n) is 5.91. The highest BCUT2D eigenvalue weighted by atomic mass is 16.5. The van der Waals surface area contributed by atoms with Gasteiger partial charge in [0, 0.05) is 19.1 Å². The van der Waals surface area contributed by atoms with E-state index in [1.807, 2.05) is 4.90 Å². The smallest absolute Gasteiger partial charge is 0.240 e. The molecule has 0 aromatic heterocycles. The zero-order valence-electron chi connectivity index (χ0n) is 9.37. The Morgan fingerprint density at radius 1 is 1.60 bits per heavy atom. The van der Waals surface area contributed by atoms with Crippen LogP contribution in [0.3, 0.4) is 0 Å². The zero-order valence-corrected chi connectivity index (χ0v) is 9.37. The van der Waals surface area contributed by atoms with Crippen molar-refractivity contribution in [3.8, 4) is 0 Å². The molecule has 2 heterocycles. The standard InChI is InChI=1S/C11H20N2O2/c1-2-3-10-11(14)13(8-12-10)6-9-4-5-15-7-9/h9-10,12H,2-8H2,1H3. The van der Waals surface area contributed by atoms with Gasteiger partial charge in [-0.25, -0.2) is 0 Å². The van der Waals surface area contributed by atoms with Crippen molar-refractivity contribution in [3.63, 3.8) is 0 Å². The van der Waals surface area contributed by atoms with Crippen LogP contribution in [0.15, 0.2) is 0 Å². The van der Waals surface area contributed by atoms with Crippen LogP contribution in [0.4, 0.5) is 0 Å². The van der Waals surface area contributed by atoms with Gasteiger partial charge >= 0.3 is 0 Å². The third kappa shape index (κ3) is 2.49. The first-order chi connectivity index (χ1) is 7.31. The molecular weight excluding hydrogens is 192 g/mol. The Balaban J connectivity index is 1.81. The van der Waals surface area contributed by atoms with Crippen molar-refractivity contribution in [2.45, 2.75) is 32.2 Å². The maximum Gasteiger partial charge on any atom is 0.240 e. The number of nitrogens with one attached hydrogen (secondary N) is 1. The van der Waals surface area contributed by atoms with Crippen LogP contribution >= 0.6 is 0 Å². The summed E-state index contributed by atoms with van der Waals surface area (Å²) in [5, 5.41) is 3.27. The molecule has 0 aromatic carbocycles. The van der Waals surface area contributed by atoms with Crippen LogP contribution in [0.2, 0.25) is 0 Å². The highest BCUT2D eigenvalue weighted by Gasteiger charge is 2.32. The molecule has 0 bridgehead atoms. The van der Waals surface area contributed by atoms with Gasteiger partial charge in [-0.15, -0.1) is 0 Å². The summed E-state index contributed by atoms with van der Waals surface area (Å²) in [5.41, 5.74) is 0. The summed E-state index contributed by atoms with van der Waals surface area (Å²) in [4.78, 5) is 13.8. The zero-order chi connectivity index (χ0) is 10.7. The molecule has 0 aromatic rings. The number of ether oxygens (including phenoxy) is 1. The van der Waals surface area contributed by atoms with Gasteiger partial charge in [0.25, 0.3) is 0 Å². The maximum atomic E-state index is 11.9. The molecule has 2 atom stereocenters. The van der Waals surface area contributed by atoms with E-state index in [1.165, 1.54) is 0 Å². The topological polar surface area (TPSA) is 41.6 Å². The van der Waals surface area contributed by atoms with Gasteiger partial charge in [-0.1, -0.05) is 13.3 Å². The summed E-state index contributed by atoms with van der Waals surface area (Å²) in [5.74, 6) is 0.833. The molecule has 0 radical (unpaired) electrons. The largest absolute Gasteiger partial charge is 0.381 e. The molecule has 1 N–H and O–H groups in total. The van der Waals surface area contributed by atoms with E-state index in [2.05, 4.69) is 12.2 Å². The van der Waals surface area contributed by atoms with E-state index in [0.717, 1.165) is 45.7 Å². The molecular formula is C11H20N2O2. The second-order valence-electron chi connectivity index (χ2n) is 4.49. The van der Waals surface area contributed by atoms with E-state index in [4.69, 9.17) is 4.74 Å². The number of carbonyl (C=O) groups is 1. The van der Waals surface area contributed by atoms with Crippen LogP contribution in [-0.2, 0) is 9.53 Å². The molecule has 1 amide bonds. The fourth-order valence-corrected chi connectivity index (χ4v) is 2.31. The first kappa shape index (κ1) is 10.9. The van der Waals surface area contributed by atoms with Gasteiger partial charge in [-0.2, -0.15) is 0 Å². The van der Waals surface area contributed by atoms with Gasteiger partial charge < -0.3 is 9.64 Å². The SMILES string of the molecule is CCCC1NCN(CC2CCOC2)C1=O. The van der Waals surface area contributed by atoms with Gasteiger partial charge in [0.1, 0.15) is 0 Å². The van der Waals surface area contributed by atoms with E-state index < -0.39 is 0 Å². The summed E-state index contributed by atoms with van der Waals surface area (Å²) in [6, 6.07) is 0.0670. The first-order valence-corrected chi connectivity index (χ1v) is 5.91. The minimum Gasteiger partial charge on any atom is -0.381 e. The molecule has 2 saturated heterocycles. The van der Waals surface area contributed by atoms with Gasteiger partial charge in [-0.05, 0) is 12.8 Å². The lowest BCUT2D eigenvalue weighted by atomic mass is 10.1. The third-order valence-corrected chi connectivity index (χ3v) is 3.22. The maximum absolute atomic E-state index is 11.9. The molecule has 0 aliphatic carbocycles. The van der Waals surface area contributed by atoms with Crippen molar-refractivity contribution in [3.05, 3.63) is 0 Å². The normalized spacial score (nSPS) is 31.5. The fourth-order valence-electron chi connectivity index (χ4n) is 2.31. The van der Waals surface area contributed by atoms with Gasteiger partial charge in [-0.3, -0.25) is 10.1 Å². The quantitative estimate of drug-likeness (QED) is 0.741. The van der Waals surface area contributed by atoms with E-state index in [9.17, 15) is 4.79 Å². The molecule has 2 fully saturated rings. The Hall–Kier alpha value is -0.610. The summed E-state index contributed by atoms with van der Waals surface area (Å²) in [7, 11) is 0. The highest BCUT2D eigenvalue weighted by molar-refractivity contribution is 5.83. The van der Waals surface area contributed by atoms with Gasteiger partial charge in [0.2, 0.25) is 5.91 Å². The number of nitrogens with zero attached hydrogens (tertiary/aromatic N) is 1. The number of amides is 1. The second kappa shape index (κ2) is 4.94.